The number of rotatable bonds is 2. The maximum absolute atomic E-state index is 9.10. The van der Waals surface area contributed by atoms with Crippen LogP contribution in [0.1, 0.15) is 11.1 Å². The molecule has 3 nitrogen and oxygen atoms in total. The topological polar surface area (TPSA) is 54.7 Å². The van der Waals surface area contributed by atoms with E-state index in [1.807, 2.05) is 48.7 Å². The van der Waals surface area contributed by atoms with Crippen LogP contribution in [0.25, 0.3) is 10.9 Å². The molecule has 3 rings (SSSR count). The van der Waals surface area contributed by atoms with Crippen LogP contribution in [0.2, 0.25) is 0 Å². The summed E-state index contributed by atoms with van der Waals surface area (Å²) in [5.41, 5.74) is 9.50. The van der Waals surface area contributed by atoms with Crippen LogP contribution >= 0.6 is 0 Å². The number of nitrogens with zero attached hydrogens (tertiary/aromatic N) is 2. The molecule has 0 spiro atoms. The van der Waals surface area contributed by atoms with Crippen molar-refractivity contribution in [3.05, 3.63) is 65.9 Å². The Morgan fingerprint density at radius 1 is 1.11 bits per heavy atom. The minimum atomic E-state index is 0.712. The lowest BCUT2D eigenvalue weighted by molar-refractivity contribution is 0.837. The Morgan fingerprint density at radius 3 is 2.74 bits per heavy atom. The number of hydrogen-bond donors (Lipinski definition) is 1. The quantitative estimate of drug-likeness (QED) is 0.707. The number of nitrogen functional groups attached to an aromatic ring is 1. The van der Waals surface area contributed by atoms with Crippen molar-refractivity contribution in [2.45, 2.75) is 6.54 Å². The third kappa shape index (κ3) is 2.04. The van der Waals surface area contributed by atoms with Crippen molar-refractivity contribution in [1.29, 1.82) is 5.26 Å². The van der Waals surface area contributed by atoms with E-state index in [4.69, 9.17) is 11.0 Å². The Kier molecular flexibility index (Phi) is 2.70. The van der Waals surface area contributed by atoms with Crippen LogP contribution in [0.5, 0.6) is 0 Å². The van der Waals surface area contributed by atoms with Gasteiger partial charge in [0.05, 0.1) is 11.6 Å². The highest BCUT2D eigenvalue weighted by Gasteiger charge is 2.05. The number of anilines is 1. The fourth-order valence-corrected chi connectivity index (χ4v) is 2.35. The number of benzene rings is 2. The molecule has 2 N–H and O–H groups in total. The fourth-order valence-electron chi connectivity index (χ4n) is 2.35. The van der Waals surface area contributed by atoms with Crippen LogP contribution in [0.15, 0.2) is 54.7 Å². The van der Waals surface area contributed by atoms with Gasteiger partial charge in [-0.3, -0.25) is 0 Å². The van der Waals surface area contributed by atoms with Gasteiger partial charge in [0, 0.05) is 29.3 Å². The third-order valence-corrected chi connectivity index (χ3v) is 3.24. The van der Waals surface area contributed by atoms with Crippen molar-refractivity contribution < 1.29 is 0 Å². The molecule has 0 aliphatic heterocycles. The molecule has 0 saturated carbocycles. The van der Waals surface area contributed by atoms with Gasteiger partial charge >= 0.3 is 0 Å². The van der Waals surface area contributed by atoms with Gasteiger partial charge in [0.2, 0.25) is 0 Å². The van der Waals surface area contributed by atoms with Crippen molar-refractivity contribution in [1.82, 2.24) is 4.57 Å². The second-order valence-electron chi connectivity index (χ2n) is 4.54. The van der Waals surface area contributed by atoms with Gasteiger partial charge in [0.1, 0.15) is 0 Å². The molecule has 0 saturated heterocycles. The molecular formula is C16H13N3. The lowest BCUT2D eigenvalue weighted by Crippen LogP contribution is -1.98. The number of hydrogen-bond acceptors (Lipinski definition) is 2. The summed E-state index contributed by atoms with van der Waals surface area (Å²) >= 11 is 0. The Hall–Kier alpha value is -2.73. The predicted molar refractivity (Wildman–Crippen MR) is 76.6 cm³/mol. The van der Waals surface area contributed by atoms with Crippen molar-refractivity contribution in [3.63, 3.8) is 0 Å². The summed E-state index contributed by atoms with van der Waals surface area (Å²) < 4.78 is 2.13. The number of nitrogens with two attached hydrogens (primary N) is 1. The van der Waals surface area contributed by atoms with Crippen molar-refractivity contribution in [2.24, 2.45) is 0 Å². The average Bonchev–Trinajstić information content (AvgIpc) is 2.82. The second kappa shape index (κ2) is 4.51. The zero-order chi connectivity index (χ0) is 13.2. The highest BCUT2D eigenvalue weighted by Crippen LogP contribution is 2.21. The summed E-state index contributed by atoms with van der Waals surface area (Å²) in [7, 11) is 0. The molecule has 3 heteroatoms. The summed E-state index contributed by atoms with van der Waals surface area (Å²) in [6, 6.07) is 17.9. The van der Waals surface area contributed by atoms with Gasteiger partial charge < -0.3 is 10.3 Å². The van der Waals surface area contributed by atoms with Crippen molar-refractivity contribution in [2.75, 3.05) is 5.73 Å². The summed E-state index contributed by atoms with van der Waals surface area (Å²) in [6.07, 6.45) is 2.01. The molecule has 0 atom stereocenters. The zero-order valence-electron chi connectivity index (χ0n) is 10.4. The predicted octanol–water partition coefficient (Wildman–Crippen LogP) is 3.14. The third-order valence-electron chi connectivity index (χ3n) is 3.24. The molecule has 0 bridgehead atoms. The van der Waals surface area contributed by atoms with Gasteiger partial charge in [0.15, 0.2) is 0 Å². The average molecular weight is 247 g/mol. The molecule has 19 heavy (non-hydrogen) atoms. The molecule has 1 heterocycles. The Bertz CT molecular complexity index is 778. The monoisotopic (exact) mass is 247 g/mol. The number of fused-ring (bicyclic) bond motifs is 1. The molecular weight excluding hydrogens is 234 g/mol. The second-order valence-corrected chi connectivity index (χ2v) is 4.54. The lowest BCUT2D eigenvalue weighted by Gasteiger charge is -2.06. The Labute approximate surface area is 111 Å². The maximum atomic E-state index is 9.10. The fraction of sp³-hybridized carbons (Fsp3) is 0.0625. The molecule has 0 unspecified atom stereocenters. The van der Waals surface area contributed by atoms with Gasteiger partial charge in [-0.15, -0.1) is 0 Å². The van der Waals surface area contributed by atoms with E-state index >= 15 is 0 Å². The van der Waals surface area contributed by atoms with Crippen molar-refractivity contribution in [3.8, 4) is 6.07 Å². The van der Waals surface area contributed by atoms with E-state index in [1.165, 1.54) is 0 Å². The summed E-state index contributed by atoms with van der Waals surface area (Å²) in [5.74, 6) is 0. The van der Waals surface area contributed by atoms with E-state index in [-0.39, 0.29) is 0 Å². The van der Waals surface area contributed by atoms with Gasteiger partial charge in [-0.25, -0.2) is 0 Å². The highest BCUT2D eigenvalue weighted by atomic mass is 14.9. The SMILES string of the molecule is N#Cc1cccc2c1ccn2Cc1cccc(N)c1. The lowest BCUT2D eigenvalue weighted by atomic mass is 10.1. The van der Waals surface area contributed by atoms with E-state index in [0.29, 0.717) is 5.56 Å². The van der Waals surface area contributed by atoms with E-state index in [9.17, 15) is 0 Å². The first kappa shape index (κ1) is 11.4. The Balaban J connectivity index is 2.05. The van der Waals surface area contributed by atoms with E-state index in [2.05, 4.69) is 16.7 Å². The molecule has 0 aliphatic rings. The van der Waals surface area contributed by atoms with E-state index < -0.39 is 0 Å². The first-order valence-electron chi connectivity index (χ1n) is 6.10. The van der Waals surface area contributed by atoms with Crippen LogP contribution in [-0.2, 0) is 6.54 Å². The molecule has 92 valence electrons. The standard InChI is InChI=1S/C16H13N3/c17-10-13-4-2-6-16-15(13)7-8-19(16)11-12-3-1-5-14(18)9-12/h1-9H,11,18H2. The van der Waals surface area contributed by atoms with Gasteiger partial charge in [-0.05, 0) is 35.9 Å². The molecule has 0 amide bonds. The molecule has 1 aromatic heterocycles. The van der Waals surface area contributed by atoms with Crippen LogP contribution in [0.3, 0.4) is 0 Å². The van der Waals surface area contributed by atoms with Gasteiger partial charge in [0.25, 0.3) is 0 Å². The van der Waals surface area contributed by atoms with Crippen molar-refractivity contribution >= 4 is 16.6 Å². The first-order chi connectivity index (χ1) is 9.28. The largest absolute Gasteiger partial charge is 0.399 e. The molecule has 2 aromatic carbocycles. The molecule has 3 aromatic rings. The summed E-state index contributed by atoms with van der Waals surface area (Å²) in [5, 5.41) is 10.1. The van der Waals surface area contributed by atoms with Crippen LogP contribution in [0, 0.1) is 11.3 Å². The van der Waals surface area contributed by atoms with Crippen LogP contribution < -0.4 is 5.73 Å². The maximum Gasteiger partial charge on any atom is 0.0998 e. The highest BCUT2D eigenvalue weighted by molar-refractivity contribution is 5.86. The van der Waals surface area contributed by atoms with Gasteiger partial charge in [-0.2, -0.15) is 5.26 Å². The smallest absolute Gasteiger partial charge is 0.0998 e. The Morgan fingerprint density at radius 2 is 1.95 bits per heavy atom. The summed E-state index contributed by atoms with van der Waals surface area (Å²) in [4.78, 5) is 0. The minimum Gasteiger partial charge on any atom is -0.399 e. The zero-order valence-corrected chi connectivity index (χ0v) is 10.4. The van der Waals surface area contributed by atoms with Gasteiger partial charge in [-0.1, -0.05) is 18.2 Å². The first-order valence-corrected chi connectivity index (χ1v) is 6.10. The number of nitriles is 1. The van der Waals surface area contributed by atoms with E-state index in [0.717, 1.165) is 28.7 Å². The van der Waals surface area contributed by atoms with Crippen LogP contribution in [-0.4, -0.2) is 4.57 Å². The normalized spacial score (nSPS) is 10.5. The molecule has 0 radical (unpaired) electrons. The molecule has 0 aliphatic carbocycles. The molecule has 0 fully saturated rings. The number of aromatic nitrogens is 1. The minimum absolute atomic E-state index is 0.712. The summed E-state index contributed by atoms with van der Waals surface area (Å²) in [6.45, 7) is 0.753. The van der Waals surface area contributed by atoms with Crippen LogP contribution in [0.4, 0.5) is 5.69 Å². The van der Waals surface area contributed by atoms with E-state index in [1.54, 1.807) is 0 Å².